The zero-order chi connectivity index (χ0) is 15.2. The van der Waals surface area contributed by atoms with Crippen LogP contribution in [0.15, 0.2) is 17.2 Å². The molecule has 1 rings (SSSR count). The second kappa shape index (κ2) is 7.73. The van der Waals surface area contributed by atoms with Crippen LogP contribution in [-0.4, -0.2) is 28.5 Å². The van der Waals surface area contributed by atoms with Crippen LogP contribution in [0.25, 0.3) is 0 Å². The normalized spacial score (nSPS) is 13.3. The molecule has 114 valence electrons. The Labute approximate surface area is 121 Å². The first-order valence-electron chi connectivity index (χ1n) is 6.47. The minimum absolute atomic E-state index is 0.00801. The monoisotopic (exact) mass is 308 g/mol. The molecule has 1 atom stereocenters. The van der Waals surface area contributed by atoms with Crippen molar-refractivity contribution in [3.63, 3.8) is 0 Å². The predicted molar refractivity (Wildman–Crippen MR) is 75.0 cm³/mol. The molecule has 0 bridgehead atoms. The number of hydrogen-bond donors (Lipinski definition) is 2. The first-order chi connectivity index (χ1) is 9.36. The Balaban J connectivity index is 2.97. The van der Waals surface area contributed by atoms with Gasteiger partial charge < -0.3 is 10.4 Å². The minimum atomic E-state index is -4.39. The molecule has 0 radical (unpaired) electrons. The summed E-state index contributed by atoms with van der Waals surface area (Å²) in [6, 6.07) is 2.08. The van der Waals surface area contributed by atoms with Gasteiger partial charge in [-0.15, -0.1) is 11.8 Å². The molecule has 1 aromatic rings. The van der Waals surface area contributed by atoms with E-state index in [1.54, 1.807) is 0 Å². The Hall–Kier alpha value is -0.950. The van der Waals surface area contributed by atoms with E-state index in [-0.39, 0.29) is 17.7 Å². The van der Waals surface area contributed by atoms with Gasteiger partial charge in [0.05, 0.1) is 10.6 Å². The molecule has 1 unspecified atom stereocenters. The fraction of sp³-hybridized carbons (Fsp3) is 0.615. The Bertz CT molecular complexity index is 427. The lowest BCUT2D eigenvalue weighted by molar-refractivity contribution is -0.137. The van der Waals surface area contributed by atoms with Gasteiger partial charge in [0.25, 0.3) is 0 Å². The number of aliphatic hydroxyl groups excluding tert-OH is 1. The second-order valence-electron chi connectivity index (χ2n) is 4.44. The summed E-state index contributed by atoms with van der Waals surface area (Å²) in [4.78, 5) is 4.18. The average molecular weight is 308 g/mol. The summed E-state index contributed by atoms with van der Waals surface area (Å²) < 4.78 is 38.6. The highest BCUT2D eigenvalue weighted by Gasteiger charge is 2.31. The summed E-state index contributed by atoms with van der Waals surface area (Å²) in [6.45, 7) is 4.36. The van der Waals surface area contributed by atoms with E-state index in [2.05, 4.69) is 10.3 Å². The van der Waals surface area contributed by atoms with Gasteiger partial charge in [-0.25, -0.2) is 4.98 Å². The van der Waals surface area contributed by atoms with Crippen LogP contribution in [0.5, 0.6) is 0 Å². The van der Waals surface area contributed by atoms with Crippen molar-refractivity contribution in [1.82, 2.24) is 4.98 Å². The first-order valence-corrected chi connectivity index (χ1v) is 7.35. The van der Waals surface area contributed by atoms with Gasteiger partial charge in [-0.05, 0) is 25.0 Å². The molecular formula is C13H19F3N2OS. The van der Waals surface area contributed by atoms with Crippen LogP contribution in [0, 0.1) is 0 Å². The van der Waals surface area contributed by atoms with E-state index in [1.165, 1.54) is 11.8 Å². The minimum Gasteiger partial charge on any atom is -0.396 e. The van der Waals surface area contributed by atoms with E-state index < -0.39 is 11.7 Å². The molecule has 0 aromatic carbocycles. The van der Waals surface area contributed by atoms with E-state index in [0.29, 0.717) is 18.0 Å². The lowest BCUT2D eigenvalue weighted by Gasteiger charge is -2.14. The van der Waals surface area contributed by atoms with Gasteiger partial charge in [0.1, 0.15) is 5.82 Å². The number of hydrogen-bond acceptors (Lipinski definition) is 4. The Morgan fingerprint density at radius 2 is 2.10 bits per heavy atom. The summed E-state index contributed by atoms with van der Waals surface area (Å²) in [5.74, 6) is 0.236. The number of aromatic nitrogens is 1. The molecule has 0 spiro atoms. The number of nitrogens with one attached hydrogen (secondary N) is 1. The van der Waals surface area contributed by atoms with Gasteiger partial charge >= 0.3 is 6.18 Å². The maximum Gasteiger partial charge on any atom is 0.416 e. The van der Waals surface area contributed by atoms with Crippen molar-refractivity contribution in [2.45, 2.75) is 43.1 Å². The lowest BCUT2D eigenvalue weighted by atomic mass is 10.2. The molecule has 7 heteroatoms. The molecule has 1 aromatic heterocycles. The molecule has 0 aliphatic rings. The fourth-order valence-corrected chi connectivity index (χ4v) is 2.50. The van der Waals surface area contributed by atoms with Crippen LogP contribution >= 0.6 is 11.8 Å². The van der Waals surface area contributed by atoms with Gasteiger partial charge in [-0.2, -0.15) is 13.2 Å². The predicted octanol–water partition coefficient (Wildman–Crippen LogP) is 3.79. The maximum absolute atomic E-state index is 12.9. The molecule has 0 saturated heterocycles. The van der Waals surface area contributed by atoms with Crippen molar-refractivity contribution in [2.75, 3.05) is 18.5 Å². The number of thioether (sulfide) groups is 1. The van der Waals surface area contributed by atoms with E-state index in [0.717, 1.165) is 18.6 Å². The Morgan fingerprint density at radius 1 is 1.40 bits per heavy atom. The number of pyridine rings is 1. The number of anilines is 1. The third-order valence-corrected chi connectivity index (χ3v) is 3.63. The zero-order valence-corrected chi connectivity index (χ0v) is 12.3. The molecule has 3 nitrogen and oxygen atoms in total. The van der Waals surface area contributed by atoms with Crippen LogP contribution in [-0.2, 0) is 6.18 Å². The SMILES string of the molecule is CCCNc1cc(C(F)(F)F)cc(SC(C)CCO)n1. The van der Waals surface area contributed by atoms with Gasteiger partial charge in [-0.1, -0.05) is 13.8 Å². The fourth-order valence-electron chi connectivity index (χ4n) is 1.52. The molecule has 2 N–H and O–H groups in total. The summed E-state index contributed by atoms with van der Waals surface area (Å²) in [6.07, 6.45) is -3.07. The van der Waals surface area contributed by atoms with Crippen LogP contribution < -0.4 is 5.32 Å². The average Bonchev–Trinajstić information content (AvgIpc) is 2.35. The largest absolute Gasteiger partial charge is 0.416 e. The number of aliphatic hydroxyl groups is 1. The highest BCUT2D eigenvalue weighted by Crippen LogP contribution is 2.34. The summed E-state index contributed by atoms with van der Waals surface area (Å²) in [5, 5.41) is 12.0. The second-order valence-corrected chi connectivity index (χ2v) is 5.90. The standard InChI is InChI=1S/C13H19F3N2OS/c1-3-5-17-11-7-10(13(14,15)16)8-12(18-11)20-9(2)4-6-19/h7-9,19H,3-6H2,1-2H3,(H,17,18). The molecule has 1 heterocycles. The van der Waals surface area contributed by atoms with E-state index >= 15 is 0 Å². The highest BCUT2D eigenvalue weighted by molar-refractivity contribution is 7.99. The van der Waals surface area contributed by atoms with Crippen LogP contribution in [0.3, 0.4) is 0 Å². The molecule has 0 amide bonds. The zero-order valence-electron chi connectivity index (χ0n) is 11.5. The molecule has 0 saturated carbocycles. The van der Waals surface area contributed by atoms with E-state index in [4.69, 9.17) is 5.11 Å². The van der Waals surface area contributed by atoms with Crippen molar-refractivity contribution in [2.24, 2.45) is 0 Å². The molecular weight excluding hydrogens is 289 g/mol. The summed E-state index contributed by atoms with van der Waals surface area (Å²) in [7, 11) is 0. The van der Waals surface area contributed by atoms with E-state index in [1.807, 2.05) is 13.8 Å². The summed E-state index contributed by atoms with van der Waals surface area (Å²) in [5.41, 5.74) is -0.704. The van der Waals surface area contributed by atoms with Crippen molar-refractivity contribution >= 4 is 17.6 Å². The number of alkyl halides is 3. The number of halogens is 3. The molecule has 20 heavy (non-hydrogen) atoms. The smallest absolute Gasteiger partial charge is 0.396 e. The molecule has 0 aliphatic carbocycles. The van der Waals surface area contributed by atoms with Crippen LogP contribution in [0.2, 0.25) is 0 Å². The maximum atomic E-state index is 12.9. The first kappa shape index (κ1) is 17.1. The van der Waals surface area contributed by atoms with Crippen LogP contribution in [0.4, 0.5) is 19.0 Å². The van der Waals surface area contributed by atoms with Gasteiger partial charge in [0.15, 0.2) is 0 Å². The van der Waals surface area contributed by atoms with Crippen molar-refractivity contribution < 1.29 is 18.3 Å². The highest BCUT2D eigenvalue weighted by atomic mass is 32.2. The van der Waals surface area contributed by atoms with Crippen molar-refractivity contribution in [3.05, 3.63) is 17.7 Å². The quantitative estimate of drug-likeness (QED) is 0.752. The van der Waals surface area contributed by atoms with Gasteiger partial charge in [-0.3, -0.25) is 0 Å². The van der Waals surface area contributed by atoms with Crippen molar-refractivity contribution in [3.8, 4) is 0 Å². The van der Waals surface area contributed by atoms with Gasteiger partial charge in [0.2, 0.25) is 0 Å². The third kappa shape index (κ3) is 5.58. The number of nitrogens with zero attached hydrogens (tertiary/aromatic N) is 1. The van der Waals surface area contributed by atoms with Crippen molar-refractivity contribution in [1.29, 1.82) is 0 Å². The topological polar surface area (TPSA) is 45.1 Å². The number of rotatable bonds is 7. The van der Waals surface area contributed by atoms with E-state index in [9.17, 15) is 13.2 Å². The Kier molecular flexibility index (Phi) is 6.61. The molecule has 0 aliphatic heterocycles. The Morgan fingerprint density at radius 3 is 2.65 bits per heavy atom. The lowest BCUT2D eigenvalue weighted by Crippen LogP contribution is -2.10. The van der Waals surface area contributed by atoms with Crippen LogP contribution in [0.1, 0.15) is 32.3 Å². The van der Waals surface area contributed by atoms with Gasteiger partial charge in [0, 0.05) is 18.4 Å². The third-order valence-electron chi connectivity index (χ3n) is 2.54. The summed E-state index contributed by atoms with van der Waals surface area (Å²) >= 11 is 1.23. The molecule has 0 fully saturated rings.